The van der Waals surface area contributed by atoms with E-state index < -0.39 is 0 Å². The van der Waals surface area contributed by atoms with E-state index in [1.165, 1.54) is 6.08 Å². The van der Waals surface area contributed by atoms with Gasteiger partial charge in [-0.1, -0.05) is 12.1 Å². The number of halogens is 1. The summed E-state index contributed by atoms with van der Waals surface area (Å²) in [6, 6.07) is 7.25. The highest BCUT2D eigenvalue weighted by Crippen LogP contribution is 2.17. The first kappa shape index (κ1) is 15.2. The summed E-state index contributed by atoms with van der Waals surface area (Å²) in [6.45, 7) is 0.578. The van der Waals surface area contributed by atoms with Gasteiger partial charge in [0, 0.05) is 30.8 Å². The van der Waals surface area contributed by atoms with Crippen LogP contribution in [0.2, 0.25) is 0 Å². The summed E-state index contributed by atoms with van der Waals surface area (Å²) < 4.78 is 5.48. The van der Waals surface area contributed by atoms with Gasteiger partial charge in [0.25, 0.3) is 0 Å². The van der Waals surface area contributed by atoms with Crippen molar-refractivity contribution >= 4 is 29.3 Å². The van der Waals surface area contributed by atoms with Gasteiger partial charge in [-0.15, -0.1) is 11.6 Å². The van der Waals surface area contributed by atoms with E-state index in [-0.39, 0.29) is 5.91 Å². The lowest BCUT2D eigenvalue weighted by Gasteiger charge is -2.06. The third-order valence-electron chi connectivity index (χ3n) is 2.42. The molecule has 0 spiro atoms. The van der Waals surface area contributed by atoms with E-state index in [2.05, 4.69) is 5.32 Å². The maximum absolute atomic E-state index is 11.3. The number of benzene rings is 1. The Kier molecular flexibility index (Phi) is 6.68. The van der Waals surface area contributed by atoms with Crippen LogP contribution in [0.5, 0.6) is 5.75 Å². The summed E-state index contributed by atoms with van der Waals surface area (Å²) in [5.74, 6) is 1.09. The van der Waals surface area contributed by atoms with Gasteiger partial charge in [-0.2, -0.15) is 0 Å². The Morgan fingerprint density at radius 3 is 2.63 bits per heavy atom. The maximum Gasteiger partial charge on any atom is 0.244 e. The van der Waals surface area contributed by atoms with Crippen molar-refractivity contribution in [3.63, 3.8) is 0 Å². The number of alkyl halides is 1. The first-order valence-corrected chi connectivity index (χ1v) is 6.47. The maximum atomic E-state index is 11.3. The molecule has 0 fully saturated rings. The molecule has 0 aliphatic rings. The monoisotopic (exact) mass is 280 g/mol. The highest BCUT2D eigenvalue weighted by molar-refractivity contribution is 6.17. The third-order valence-corrected chi connectivity index (χ3v) is 2.69. The molecule has 0 saturated carbocycles. The molecule has 0 aliphatic carbocycles. The third kappa shape index (κ3) is 5.14. The molecule has 1 aromatic rings. The SMILES string of the molecule is CNC(=O)/C=C(\C=N)c1ccc(OCCCCl)cc1. The fourth-order valence-electron chi connectivity index (χ4n) is 1.41. The lowest BCUT2D eigenvalue weighted by atomic mass is 10.1. The molecule has 1 rings (SSSR count). The lowest BCUT2D eigenvalue weighted by Crippen LogP contribution is -2.15. The summed E-state index contributed by atoms with van der Waals surface area (Å²) in [5, 5.41) is 9.83. The minimum Gasteiger partial charge on any atom is -0.494 e. The number of ether oxygens (including phenoxy) is 1. The number of likely N-dealkylation sites (N-methyl/N-ethyl adjacent to an activating group) is 1. The second-order valence-electron chi connectivity index (χ2n) is 3.77. The molecule has 0 saturated heterocycles. The van der Waals surface area contributed by atoms with Crippen molar-refractivity contribution in [2.75, 3.05) is 19.5 Å². The minimum atomic E-state index is -0.235. The molecular weight excluding hydrogens is 264 g/mol. The average molecular weight is 281 g/mol. The van der Waals surface area contributed by atoms with Crippen LogP contribution in [0.1, 0.15) is 12.0 Å². The van der Waals surface area contributed by atoms with Crippen molar-refractivity contribution in [1.82, 2.24) is 5.32 Å². The van der Waals surface area contributed by atoms with Gasteiger partial charge in [-0.05, 0) is 24.1 Å². The molecule has 0 heterocycles. The van der Waals surface area contributed by atoms with E-state index in [9.17, 15) is 4.79 Å². The van der Waals surface area contributed by atoms with E-state index in [1.807, 2.05) is 24.3 Å². The van der Waals surface area contributed by atoms with Gasteiger partial charge < -0.3 is 15.5 Å². The fourth-order valence-corrected chi connectivity index (χ4v) is 1.52. The van der Waals surface area contributed by atoms with Crippen LogP contribution in [0, 0.1) is 5.41 Å². The quantitative estimate of drug-likeness (QED) is 0.349. The Hall–Kier alpha value is -1.81. The first-order chi connectivity index (χ1) is 9.21. The topological polar surface area (TPSA) is 62.2 Å². The van der Waals surface area contributed by atoms with E-state index in [0.29, 0.717) is 18.1 Å². The van der Waals surface area contributed by atoms with E-state index in [0.717, 1.165) is 23.9 Å². The zero-order chi connectivity index (χ0) is 14.1. The van der Waals surface area contributed by atoms with Gasteiger partial charge >= 0.3 is 0 Å². The lowest BCUT2D eigenvalue weighted by molar-refractivity contribution is -0.116. The summed E-state index contributed by atoms with van der Waals surface area (Å²) in [6.07, 6.45) is 3.33. The molecule has 1 amide bonds. The average Bonchev–Trinajstić information content (AvgIpc) is 2.45. The van der Waals surface area contributed by atoms with Crippen molar-refractivity contribution in [3.05, 3.63) is 35.9 Å². The number of amides is 1. The summed E-state index contributed by atoms with van der Waals surface area (Å²) in [5.41, 5.74) is 1.34. The zero-order valence-electron chi connectivity index (χ0n) is 10.8. The fraction of sp³-hybridized carbons (Fsp3) is 0.286. The Morgan fingerprint density at radius 1 is 1.42 bits per heavy atom. The summed E-state index contributed by atoms with van der Waals surface area (Å²) >= 11 is 5.57. The molecule has 4 nitrogen and oxygen atoms in total. The molecule has 102 valence electrons. The minimum absolute atomic E-state index is 0.235. The largest absolute Gasteiger partial charge is 0.494 e. The number of allylic oxidation sites excluding steroid dienone is 1. The van der Waals surface area contributed by atoms with Crippen LogP contribution in [0.4, 0.5) is 0 Å². The predicted molar refractivity (Wildman–Crippen MR) is 78.1 cm³/mol. The second-order valence-corrected chi connectivity index (χ2v) is 4.15. The summed E-state index contributed by atoms with van der Waals surface area (Å²) in [4.78, 5) is 11.3. The number of hydrogen-bond donors (Lipinski definition) is 2. The van der Waals surface area contributed by atoms with Crippen molar-refractivity contribution in [2.24, 2.45) is 0 Å². The predicted octanol–water partition coefficient (Wildman–Crippen LogP) is 2.47. The van der Waals surface area contributed by atoms with Gasteiger partial charge in [-0.25, -0.2) is 0 Å². The number of carbonyl (C=O) groups excluding carboxylic acids is 1. The molecule has 0 aliphatic heterocycles. The number of rotatable bonds is 7. The van der Waals surface area contributed by atoms with Crippen LogP contribution < -0.4 is 10.1 Å². The molecule has 0 radical (unpaired) electrons. The molecule has 1 aromatic carbocycles. The van der Waals surface area contributed by atoms with E-state index >= 15 is 0 Å². The second kappa shape index (κ2) is 8.32. The standard InChI is InChI=1S/C14H17ClN2O2/c1-17-14(18)9-12(10-16)11-3-5-13(6-4-11)19-8-2-7-15/h3-6,9-10,16H,2,7-8H2,1H3,(H,17,18)/b12-9+,16-10?. The van der Waals surface area contributed by atoms with Crippen LogP contribution in [-0.4, -0.2) is 31.7 Å². The Morgan fingerprint density at radius 2 is 2.11 bits per heavy atom. The van der Waals surface area contributed by atoms with Gasteiger partial charge in [0.2, 0.25) is 5.91 Å². The zero-order valence-corrected chi connectivity index (χ0v) is 11.5. The van der Waals surface area contributed by atoms with Crippen LogP contribution in [0.15, 0.2) is 30.3 Å². The molecule has 2 N–H and O–H groups in total. The summed E-state index contributed by atoms with van der Waals surface area (Å²) in [7, 11) is 1.55. The number of carbonyl (C=O) groups is 1. The molecule has 0 atom stereocenters. The smallest absolute Gasteiger partial charge is 0.244 e. The Balaban J connectivity index is 2.76. The van der Waals surface area contributed by atoms with Crippen molar-refractivity contribution < 1.29 is 9.53 Å². The van der Waals surface area contributed by atoms with Crippen LogP contribution in [0.3, 0.4) is 0 Å². The normalized spacial score (nSPS) is 10.9. The van der Waals surface area contributed by atoms with E-state index in [1.54, 1.807) is 7.05 Å². The highest BCUT2D eigenvalue weighted by atomic mass is 35.5. The van der Waals surface area contributed by atoms with Gasteiger partial charge in [-0.3, -0.25) is 4.79 Å². The molecule has 0 unspecified atom stereocenters. The Bertz CT molecular complexity index is 455. The highest BCUT2D eigenvalue weighted by Gasteiger charge is 2.02. The van der Waals surface area contributed by atoms with Gasteiger partial charge in [0.1, 0.15) is 5.75 Å². The Labute approximate surface area is 117 Å². The van der Waals surface area contributed by atoms with Crippen molar-refractivity contribution in [2.45, 2.75) is 6.42 Å². The molecule has 19 heavy (non-hydrogen) atoms. The van der Waals surface area contributed by atoms with Crippen LogP contribution in [0.25, 0.3) is 5.57 Å². The number of nitrogens with one attached hydrogen (secondary N) is 2. The van der Waals surface area contributed by atoms with Crippen molar-refractivity contribution in [1.29, 1.82) is 5.41 Å². The van der Waals surface area contributed by atoms with Gasteiger partial charge in [0.15, 0.2) is 0 Å². The van der Waals surface area contributed by atoms with Crippen LogP contribution >= 0.6 is 11.6 Å². The molecular formula is C14H17ClN2O2. The first-order valence-electron chi connectivity index (χ1n) is 5.94. The molecule has 0 aromatic heterocycles. The van der Waals surface area contributed by atoms with Crippen molar-refractivity contribution in [3.8, 4) is 5.75 Å². The molecule has 0 bridgehead atoms. The van der Waals surface area contributed by atoms with Crippen LogP contribution in [-0.2, 0) is 4.79 Å². The molecule has 5 heteroatoms. The van der Waals surface area contributed by atoms with E-state index in [4.69, 9.17) is 21.7 Å². The number of hydrogen-bond acceptors (Lipinski definition) is 3. The van der Waals surface area contributed by atoms with Gasteiger partial charge in [0.05, 0.1) is 6.61 Å².